The topological polar surface area (TPSA) is 47.7 Å². The van der Waals surface area contributed by atoms with Crippen molar-refractivity contribution in [3.63, 3.8) is 0 Å². The average molecular weight is 306 g/mol. The third-order valence-corrected chi connectivity index (χ3v) is 5.47. The Hall–Kier alpha value is -0.910. The van der Waals surface area contributed by atoms with Gasteiger partial charge in [-0.1, -0.05) is 6.42 Å². The summed E-state index contributed by atoms with van der Waals surface area (Å²) in [6.07, 6.45) is 8.49. The SMILES string of the molecule is CO[C@@H]1CCC[C@H]1[C@@H]1COCCN1Cc1ncc(C2CC2)o1. The summed E-state index contributed by atoms with van der Waals surface area (Å²) in [6, 6.07) is 0.428. The Bertz CT molecular complexity index is 500. The molecule has 5 heteroatoms. The lowest BCUT2D eigenvalue weighted by Gasteiger charge is -2.40. The van der Waals surface area contributed by atoms with Gasteiger partial charge in [-0.2, -0.15) is 0 Å². The molecule has 1 aromatic heterocycles. The summed E-state index contributed by atoms with van der Waals surface area (Å²) < 4.78 is 17.4. The average Bonchev–Trinajstić information content (AvgIpc) is 3.11. The van der Waals surface area contributed by atoms with Gasteiger partial charge in [-0.25, -0.2) is 4.98 Å². The van der Waals surface area contributed by atoms with Crippen molar-refractivity contribution in [2.75, 3.05) is 26.9 Å². The lowest BCUT2D eigenvalue weighted by atomic mass is 9.94. The number of oxazole rings is 1. The maximum absolute atomic E-state index is 5.95. The molecule has 4 rings (SSSR count). The summed E-state index contributed by atoms with van der Waals surface area (Å²) in [4.78, 5) is 6.99. The van der Waals surface area contributed by atoms with Gasteiger partial charge in [0.1, 0.15) is 5.76 Å². The second-order valence-electron chi connectivity index (χ2n) is 6.91. The Kier molecular flexibility index (Phi) is 4.20. The van der Waals surface area contributed by atoms with Crippen LogP contribution in [0.1, 0.15) is 49.7 Å². The molecule has 0 amide bonds. The highest BCUT2D eigenvalue weighted by atomic mass is 16.5. The molecule has 5 nitrogen and oxygen atoms in total. The molecule has 122 valence electrons. The zero-order valence-corrected chi connectivity index (χ0v) is 13.4. The van der Waals surface area contributed by atoms with E-state index < -0.39 is 0 Å². The monoisotopic (exact) mass is 306 g/mol. The normalized spacial score (nSPS) is 33.4. The summed E-state index contributed by atoms with van der Waals surface area (Å²) in [5, 5.41) is 0. The second-order valence-corrected chi connectivity index (χ2v) is 6.91. The van der Waals surface area contributed by atoms with Gasteiger partial charge in [0, 0.05) is 31.5 Å². The Balaban J connectivity index is 1.45. The van der Waals surface area contributed by atoms with E-state index in [1.807, 2.05) is 13.3 Å². The molecule has 1 aliphatic heterocycles. The molecule has 1 aromatic rings. The predicted molar refractivity (Wildman–Crippen MR) is 81.6 cm³/mol. The zero-order valence-electron chi connectivity index (χ0n) is 13.4. The number of ether oxygens (including phenoxy) is 2. The minimum atomic E-state index is 0.376. The highest BCUT2D eigenvalue weighted by Crippen LogP contribution is 2.40. The van der Waals surface area contributed by atoms with Crippen molar-refractivity contribution in [2.45, 2.75) is 56.7 Å². The zero-order chi connectivity index (χ0) is 14.9. The summed E-state index contributed by atoms with van der Waals surface area (Å²) in [6.45, 7) is 3.37. The van der Waals surface area contributed by atoms with Crippen molar-refractivity contribution < 1.29 is 13.9 Å². The number of hydrogen-bond donors (Lipinski definition) is 0. The first kappa shape index (κ1) is 14.7. The smallest absolute Gasteiger partial charge is 0.208 e. The van der Waals surface area contributed by atoms with Crippen molar-refractivity contribution in [3.8, 4) is 0 Å². The van der Waals surface area contributed by atoms with Crippen LogP contribution in [0, 0.1) is 5.92 Å². The van der Waals surface area contributed by atoms with Crippen molar-refractivity contribution in [3.05, 3.63) is 17.8 Å². The van der Waals surface area contributed by atoms with Crippen LogP contribution in [-0.4, -0.2) is 48.9 Å². The van der Waals surface area contributed by atoms with E-state index in [-0.39, 0.29) is 0 Å². The highest BCUT2D eigenvalue weighted by molar-refractivity contribution is 5.08. The van der Waals surface area contributed by atoms with Gasteiger partial charge in [0.15, 0.2) is 0 Å². The van der Waals surface area contributed by atoms with Crippen molar-refractivity contribution >= 4 is 0 Å². The Morgan fingerprint density at radius 1 is 1.32 bits per heavy atom. The highest BCUT2D eigenvalue weighted by Gasteiger charge is 2.39. The summed E-state index contributed by atoms with van der Waals surface area (Å²) in [5.74, 6) is 3.15. The largest absolute Gasteiger partial charge is 0.444 e. The van der Waals surface area contributed by atoms with Gasteiger partial charge >= 0.3 is 0 Å². The molecule has 2 heterocycles. The fourth-order valence-corrected chi connectivity index (χ4v) is 4.06. The molecule has 1 saturated heterocycles. The molecular weight excluding hydrogens is 280 g/mol. The van der Waals surface area contributed by atoms with Crippen molar-refractivity contribution in [2.24, 2.45) is 5.92 Å². The van der Waals surface area contributed by atoms with Crippen LogP contribution in [0.25, 0.3) is 0 Å². The molecule has 0 bridgehead atoms. The maximum Gasteiger partial charge on any atom is 0.208 e. The molecule has 0 spiro atoms. The van der Waals surface area contributed by atoms with Crippen LogP contribution in [-0.2, 0) is 16.0 Å². The fraction of sp³-hybridized carbons (Fsp3) is 0.824. The van der Waals surface area contributed by atoms with E-state index >= 15 is 0 Å². The molecule has 3 fully saturated rings. The Morgan fingerprint density at radius 2 is 2.23 bits per heavy atom. The fourth-order valence-electron chi connectivity index (χ4n) is 4.06. The van der Waals surface area contributed by atoms with Crippen molar-refractivity contribution in [1.82, 2.24) is 9.88 Å². The Morgan fingerprint density at radius 3 is 3.05 bits per heavy atom. The first-order valence-electron chi connectivity index (χ1n) is 8.64. The first-order chi connectivity index (χ1) is 10.8. The predicted octanol–water partition coefficient (Wildman–Crippen LogP) is 2.57. The molecule has 2 saturated carbocycles. The number of morpholine rings is 1. The van der Waals surface area contributed by atoms with E-state index in [9.17, 15) is 0 Å². The standard InChI is InChI=1S/C17H26N2O3/c1-20-15-4-2-3-13(15)14-11-21-8-7-19(14)10-17-18-9-16(22-17)12-5-6-12/h9,12-15H,2-8,10-11H2,1H3/t13-,14-,15+/m0/s1. The van der Waals surface area contributed by atoms with Gasteiger partial charge in [-0.05, 0) is 25.7 Å². The van der Waals surface area contributed by atoms with Crippen LogP contribution in [0.4, 0.5) is 0 Å². The van der Waals surface area contributed by atoms with Gasteiger partial charge in [-0.15, -0.1) is 0 Å². The van der Waals surface area contributed by atoms with Gasteiger partial charge in [-0.3, -0.25) is 4.90 Å². The van der Waals surface area contributed by atoms with Crippen LogP contribution < -0.4 is 0 Å². The van der Waals surface area contributed by atoms with Crippen LogP contribution in [0.5, 0.6) is 0 Å². The third kappa shape index (κ3) is 2.94. The molecule has 3 atom stereocenters. The van der Waals surface area contributed by atoms with E-state index in [4.69, 9.17) is 13.9 Å². The lowest BCUT2D eigenvalue weighted by Crippen LogP contribution is -2.50. The van der Waals surface area contributed by atoms with Crippen LogP contribution in [0.15, 0.2) is 10.6 Å². The quantitative estimate of drug-likeness (QED) is 0.837. The molecule has 2 aliphatic carbocycles. The number of methoxy groups -OCH3 is 1. The number of aromatic nitrogens is 1. The number of nitrogens with zero attached hydrogens (tertiary/aromatic N) is 2. The molecular formula is C17H26N2O3. The van der Waals surface area contributed by atoms with Gasteiger partial charge < -0.3 is 13.9 Å². The van der Waals surface area contributed by atoms with Gasteiger partial charge in [0.05, 0.1) is 32.1 Å². The van der Waals surface area contributed by atoms with Crippen LogP contribution >= 0.6 is 0 Å². The summed E-state index contributed by atoms with van der Waals surface area (Å²) in [7, 11) is 1.84. The molecule has 0 N–H and O–H groups in total. The minimum Gasteiger partial charge on any atom is -0.444 e. The van der Waals surface area contributed by atoms with E-state index in [0.717, 1.165) is 38.0 Å². The molecule has 0 aromatic carbocycles. The molecule has 3 aliphatic rings. The van der Waals surface area contributed by atoms with E-state index in [0.29, 0.717) is 24.0 Å². The molecule has 0 unspecified atom stereocenters. The van der Waals surface area contributed by atoms with Crippen molar-refractivity contribution in [1.29, 1.82) is 0 Å². The van der Waals surface area contributed by atoms with Gasteiger partial charge in [0.25, 0.3) is 0 Å². The molecule has 0 radical (unpaired) electrons. The Labute approximate surface area is 132 Å². The summed E-state index contributed by atoms with van der Waals surface area (Å²) >= 11 is 0. The third-order valence-electron chi connectivity index (χ3n) is 5.47. The minimum absolute atomic E-state index is 0.376. The first-order valence-corrected chi connectivity index (χ1v) is 8.64. The number of hydrogen-bond acceptors (Lipinski definition) is 5. The number of rotatable bonds is 5. The van der Waals surface area contributed by atoms with E-state index in [1.54, 1.807) is 0 Å². The molecule has 22 heavy (non-hydrogen) atoms. The van der Waals surface area contributed by atoms with Gasteiger partial charge in [0.2, 0.25) is 5.89 Å². The summed E-state index contributed by atoms with van der Waals surface area (Å²) in [5.41, 5.74) is 0. The van der Waals surface area contributed by atoms with E-state index in [2.05, 4.69) is 9.88 Å². The van der Waals surface area contributed by atoms with E-state index in [1.165, 1.54) is 32.1 Å². The second kappa shape index (κ2) is 6.30. The van der Waals surface area contributed by atoms with Crippen LogP contribution in [0.2, 0.25) is 0 Å². The lowest BCUT2D eigenvalue weighted by molar-refractivity contribution is -0.0632. The van der Waals surface area contributed by atoms with Crippen LogP contribution in [0.3, 0.4) is 0 Å². The maximum atomic E-state index is 5.95.